The number of nitrogens with zero attached hydrogens (tertiary/aromatic N) is 1. The first-order valence-electron chi connectivity index (χ1n) is 3.84. The molecule has 0 atom stereocenters. The van der Waals surface area contributed by atoms with E-state index in [9.17, 15) is 5.11 Å². The van der Waals surface area contributed by atoms with E-state index in [4.69, 9.17) is 16.9 Å². The van der Waals surface area contributed by atoms with E-state index in [0.717, 1.165) is 11.1 Å². The molecule has 0 fully saturated rings. The molecule has 0 radical (unpaired) electrons. The third-order valence-corrected chi connectivity index (χ3v) is 2.49. The standard InChI is InChI=1S/C10H6ClNO/c11-9-3-1-2-6-7(9)4-10(13)8(6)5-12/h1-3,13H,4H2. The van der Waals surface area contributed by atoms with Crippen molar-refractivity contribution in [3.63, 3.8) is 0 Å². The van der Waals surface area contributed by atoms with Gasteiger partial charge in [0.15, 0.2) is 0 Å². The van der Waals surface area contributed by atoms with Crippen LogP contribution in [0.4, 0.5) is 0 Å². The Kier molecular flexibility index (Phi) is 1.75. The Bertz CT molecular complexity index is 443. The van der Waals surface area contributed by atoms with E-state index in [2.05, 4.69) is 0 Å². The van der Waals surface area contributed by atoms with Crippen molar-refractivity contribution >= 4 is 17.2 Å². The average Bonchev–Trinajstić information content (AvgIpc) is 2.43. The monoisotopic (exact) mass is 191 g/mol. The molecule has 0 amide bonds. The summed E-state index contributed by atoms with van der Waals surface area (Å²) >= 11 is 5.91. The highest BCUT2D eigenvalue weighted by molar-refractivity contribution is 6.31. The van der Waals surface area contributed by atoms with Crippen LogP contribution < -0.4 is 0 Å². The SMILES string of the molecule is N#CC1=C(O)Cc2c(Cl)cccc21. The molecule has 0 bridgehead atoms. The molecule has 0 spiro atoms. The van der Waals surface area contributed by atoms with Gasteiger partial charge in [0.1, 0.15) is 11.8 Å². The van der Waals surface area contributed by atoms with Crippen LogP contribution in [0.15, 0.2) is 24.0 Å². The summed E-state index contributed by atoms with van der Waals surface area (Å²) in [6, 6.07) is 7.30. The van der Waals surface area contributed by atoms with Gasteiger partial charge in [-0.2, -0.15) is 5.26 Å². The van der Waals surface area contributed by atoms with Crippen LogP contribution in [0, 0.1) is 11.3 Å². The van der Waals surface area contributed by atoms with Crippen molar-refractivity contribution in [2.24, 2.45) is 0 Å². The first kappa shape index (κ1) is 8.15. The molecule has 64 valence electrons. The number of hydrogen-bond donors (Lipinski definition) is 1. The molecule has 1 aliphatic rings. The van der Waals surface area contributed by atoms with Crippen LogP contribution in [-0.2, 0) is 6.42 Å². The normalized spacial score (nSPS) is 14.2. The molecule has 13 heavy (non-hydrogen) atoms. The lowest BCUT2D eigenvalue weighted by atomic mass is 10.1. The Morgan fingerprint density at radius 2 is 2.23 bits per heavy atom. The highest BCUT2D eigenvalue weighted by atomic mass is 35.5. The van der Waals surface area contributed by atoms with Crippen molar-refractivity contribution in [2.75, 3.05) is 0 Å². The summed E-state index contributed by atoms with van der Waals surface area (Å²) in [6.45, 7) is 0. The largest absolute Gasteiger partial charge is 0.511 e. The lowest BCUT2D eigenvalue weighted by Crippen LogP contribution is -1.84. The second kappa shape index (κ2) is 2.79. The van der Waals surface area contributed by atoms with Gasteiger partial charge in [-0.1, -0.05) is 23.7 Å². The van der Waals surface area contributed by atoms with Gasteiger partial charge in [0.05, 0.1) is 5.57 Å². The molecule has 0 saturated heterocycles. The summed E-state index contributed by atoms with van der Waals surface area (Å²) in [7, 11) is 0. The Morgan fingerprint density at radius 1 is 1.46 bits per heavy atom. The molecular weight excluding hydrogens is 186 g/mol. The zero-order chi connectivity index (χ0) is 9.42. The maximum Gasteiger partial charge on any atom is 0.115 e. The van der Waals surface area contributed by atoms with E-state index in [-0.39, 0.29) is 5.76 Å². The van der Waals surface area contributed by atoms with Crippen LogP contribution in [0.3, 0.4) is 0 Å². The molecule has 0 aliphatic heterocycles. The molecule has 1 aromatic carbocycles. The number of halogens is 1. The number of nitriles is 1. The molecule has 0 saturated carbocycles. The first-order chi connectivity index (χ1) is 6.24. The van der Waals surface area contributed by atoms with Gasteiger partial charge < -0.3 is 5.11 Å². The van der Waals surface area contributed by atoms with Crippen molar-refractivity contribution in [1.29, 1.82) is 5.26 Å². The summed E-state index contributed by atoms with van der Waals surface area (Å²) in [5.74, 6) is 0.116. The van der Waals surface area contributed by atoms with Crippen LogP contribution in [0.1, 0.15) is 11.1 Å². The van der Waals surface area contributed by atoms with E-state index in [1.807, 2.05) is 6.07 Å². The summed E-state index contributed by atoms with van der Waals surface area (Å²) < 4.78 is 0. The minimum absolute atomic E-state index is 0.116. The van der Waals surface area contributed by atoms with Crippen molar-refractivity contribution in [3.8, 4) is 6.07 Å². The smallest absolute Gasteiger partial charge is 0.115 e. The minimum Gasteiger partial charge on any atom is -0.511 e. The zero-order valence-corrected chi connectivity index (χ0v) is 7.47. The summed E-state index contributed by atoms with van der Waals surface area (Å²) in [4.78, 5) is 0. The molecule has 2 rings (SSSR count). The topological polar surface area (TPSA) is 44.0 Å². The first-order valence-corrected chi connectivity index (χ1v) is 4.22. The van der Waals surface area contributed by atoms with Crippen molar-refractivity contribution in [1.82, 2.24) is 0 Å². The summed E-state index contributed by atoms with van der Waals surface area (Å²) in [5, 5.41) is 18.8. The number of aliphatic hydroxyl groups is 1. The number of allylic oxidation sites excluding steroid dienone is 2. The molecule has 1 aliphatic carbocycles. The third kappa shape index (κ3) is 1.09. The number of hydrogen-bond acceptors (Lipinski definition) is 2. The van der Waals surface area contributed by atoms with Gasteiger partial charge in [0.2, 0.25) is 0 Å². The van der Waals surface area contributed by atoms with Crippen molar-refractivity contribution < 1.29 is 5.11 Å². The Morgan fingerprint density at radius 3 is 2.92 bits per heavy atom. The highest BCUT2D eigenvalue weighted by Gasteiger charge is 2.22. The Balaban J connectivity index is 2.67. The van der Waals surface area contributed by atoms with E-state index < -0.39 is 0 Å². The maximum absolute atomic E-state index is 9.43. The second-order valence-corrected chi connectivity index (χ2v) is 3.28. The lowest BCUT2D eigenvalue weighted by molar-refractivity contribution is 0.406. The maximum atomic E-state index is 9.43. The third-order valence-electron chi connectivity index (χ3n) is 2.13. The van der Waals surface area contributed by atoms with Gasteiger partial charge >= 0.3 is 0 Å². The Hall–Kier alpha value is -1.46. The molecule has 2 nitrogen and oxygen atoms in total. The average molecular weight is 192 g/mol. The predicted octanol–water partition coefficient (Wildman–Crippen LogP) is 2.69. The molecular formula is C10H6ClNO. The van der Waals surface area contributed by atoms with Gasteiger partial charge in [-0.3, -0.25) is 0 Å². The van der Waals surface area contributed by atoms with E-state index in [0.29, 0.717) is 17.0 Å². The van der Waals surface area contributed by atoms with Crippen molar-refractivity contribution in [3.05, 3.63) is 40.1 Å². The number of aliphatic hydroxyl groups excluding tert-OH is 1. The van der Waals surface area contributed by atoms with Gasteiger partial charge in [-0.15, -0.1) is 0 Å². The van der Waals surface area contributed by atoms with Crippen LogP contribution >= 0.6 is 11.6 Å². The van der Waals surface area contributed by atoms with Crippen LogP contribution in [0.5, 0.6) is 0 Å². The molecule has 1 N–H and O–H groups in total. The zero-order valence-electron chi connectivity index (χ0n) is 6.71. The molecule has 1 aromatic rings. The predicted molar refractivity (Wildman–Crippen MR) is 50.3 cm³/mol. The molecule has 0 heterocycles. The quantitative estimate of drug-likeness (QED) is 0.685. The number of fused-ring (bicyclic) bond motifs is 1. The molecule has 0 unspecified atom stereocenters. The summed E-state index contributed by atoms with van der Waals surface area (Å²) in [5.41, 5.74) is 1.95. The lowest BCUT2D eigenvalue weighted by Gasteiger charge is -1.99. The number of benzene rings is 1. The van der Waals surface area contributed by atoms with E-state index in [1.54, 1.807) is 18.2 Å². The second-order valence-electron chi connectivity index (χ2n) is 2.88. The summed E-state index contributed by atoms with van der Waals surface area (Å²) in [6.07, 6.45) is 0.373. The highest BCUT2D eigenvalue weighted by Crippen LogP contribution is 2.34. The number of rotatable bonds is 0. The van der Waals surface area contributed by atoms with Crippen LogP contribution in [-0.4, -0.2) is 5.11 Å². The van der Waals surface area contributed by atoms with Gasteiger partial charge in [-0.05, 0) is 11.6 Å². The Labute approximate surface area is 80.7 Å². The van der Waals surface area contributed by atoms with E-state index >= 15 is 0 Å². The van der Waals surface area contributed by atoms with Gasteiger partial charge in [0.25, 0.3) is 0 Å². The van der Waals surface area contributed by atoms with E-state index in [1.165, 1.54) is 0 Å². The van der Waals surface area contributed by atoms with Gasteiger partial charge in [0, 0.05) is 17.0 Å². The fourth-order valence-electron chi connectivity index (χ4n) is 1.51. The van der Waals surface area contributed by atoms with Crippen molar-refractivity contribution in [2.45, 2.75) is 6.42 Å². The van der Waals surface area contributed by atoms with Crippen LogP contribution in [0.2, 0.25) is 5.02 Å². The minimum atomic E-state index is 0.116. The van der Waals surface area contributed by atoms with Gasteiger partial charge in [-0.25, -0.2) is 0 Å². The fourth-order valence-corrected chi connectivity index (χ4v) is 1.75. The molecule has 0 aromatic heterocycles. The fraction of sp³-hybridized carbons (Fsp3) is 0.100. The van der Waals surface area contributed by atoms with Crippen LogP contribution in [0.25, 0.3) is 5.57 Å². The molecule has 3 heteroatoms.